The quantitative estimate of drug-likeness (QED) is 0.744. The number of aromatic nitrogens is 2. The fourth-order valence-electron chi connectivity index (χ4n) is 2.18. The number of nitrogens with zero attached hydrogens (tertiary/aromatic N) is 3. The van der Waals surface area contributed by atoms with E-state index < -0.39 is 0 Å². The summed E-state index contributed by atoms with van der Waals surface area (Å²) in [6.45, 7) is 2.63. The first-order valence-corrected chi connectivity index (χ1v) is 8.40. The molecule has 130 valence electrons. The van der Waals surface area contributed by atoms with Gasteiger partial charge in [-0.15, -0.1) is 5.10 Å². The second-order valence-corrected chi connectivity index (χ2v) is 6.40. The Morgan fingerprint density at radius 1 is 1.33 bits per heavy atom. The van der Waals surface area contributed by atoms with Gasteiger partial charge in [0.25, 0.3) is 0 Å². The van der Waals surface area contributed by atoms with Crippen molar-refractivity contribution in [2.24, 2.45) is 0 Å². The maximum absolute atomic E-state index is 12.4. The summed E-state index contributed by atoms with van der Waals surface area (Å²) in [5.74, 6) is 1.01. The summed E-state index contributed by atoms with van der Waals surface area (Å²) in [6, 6.07) is 5.47. The number of hydrogen-bond donors (Lipinski definition) is 0. The molecule has 2 rings (SSSR count). The predicted molar refractivity (Wildman–Crippen MR) is 92.0 cm³/mol. The van der Waals surface area contributed by atoms with E-state index in [1.165, 1.54) is 0 Å². The molecule has 24 heavy (non-hydrogen) atoms. The van der Waals surface area contributed by atoms with Crippen molar-refractivity contribution in [2.45, 2.75) is 20.0 Å². The zero-order chi connectivity index (χ0) is 17.7. The van der Waals surface area contributed by atoms with Crippen molar-refractivity contribution >= 4 is 28.8 Å². The van der Waals surface area contributed by atoms with Gasteiger partial charge in [-0.1, -0.05) is 6.07 Å². The molecular weight excluding hydrogens is 354 g/mol. The van der Waals surface area contributed by atoms with Crippen LogP contribution in [0.1, 0.15) is 12.5 Å². The van der Waals surface area contributed by atoms with E-state index in [0.29, 0.717) is 24.6 Å². The summed E-state index contributed by atoms with van der Waals surface area (Å²) in [4.78, 5) is 25.3. The standard InChI is InChI=1S/C15H18ClN3O4S/c1-4-18(13(20)9-19-15(21)24-14(16)17-19)8-10-5-6-11(22-2)12(7-10)23-3/h5-7H,4,8-9H2,1-3H3. The third-order valence-electron chi connectivity index (χ3n) is 3.42. The largest absolute Gasteiger partial charge is 0.493 e. The molecule has 1 amide bonds. The molecule has 0 fully saturated rings. The molecule has 0 saturated carbocycles. The highest BCUT2D eigenvalue weighted by Crippen LogP contribution is 2.28. The van der Waals surface area contributed by atoms with Crippen LogP contribution < -0.4 is 14.3 Å². The van der Waals surface area contributed by atoms with Crippen molar-refractivity contribution in [1.29, 1.82) is 0 Å². The third-order valence-corrected chi connectivity index (χ3v) is 4.36. The number of likely N-dealkylation sites (N-methyl/N-ethyl adjacent to an activating group) is 1. The van der Waals surface area contributed by atoms with Gasteiger partial charge in [-0.3, -0.25) is 9.59 Å². The highest BCUT2D eigenvalue weighted by atomic mass is 35.5. The molecule has 0 unspecified atom stereocenters. The Hall–Kier alpha value is -2.06. The highest BCUT2D eigenvalue weighted by molar-refractivity contribution is 7.13. The number of amides is 1. The Balaban J connectivity index is 2.12. The van der Waals surface area contributed by atoms with Gasteiger partial charge in [0.05, 0.1) is 14.2 Å². The Labute approximate surface area is 148 Å². The lowest BCUT2D eigenvalue weighted by Gasteiger charge is -2.21. The van der Waals surface area contributed by atoms with Crippen molar-refractivity contribution in [1.82, 2.24) is 14.7 Å². The van der Waals surface area contributed by atoms with Crippen LogP contribution in [-0.4, -0.2) is 41.4 Å². The monoisotopic (exact) mass is 371 g/mol. The molecule has 1 aromatic carbocycles. The van der Waals surface area contributed by atoms with E-state index in [1.54, 1.807) is 25.2 Å². The van der Waals surface area contributed by atoms with Crippen molar-refractivity contribution in [2.75, 3.05) is 20.8 Å². The van der Waals surface area contributed by atoms with E-state index in [2.05, 4.69) is 5.10 Å². The molecule has 1 heterocycles. The van der Waals surface area contributed by atoms with Gasteiger partial charge in [0.15, 0.2) is 11.5 Å². The van der Waals surface area contributed by atoms with Crippen LogP contribution in [0.3, 0.4) is 0 Å². The summed E-state index contributed by atoms with van der Waals surface area (Å²) in [5.41, 5.74) is 0.895. The topological polar surface area (TPSA) is 73.7 Å². The number of ether oxygens (including phenoxy) is 2. The molecule has 2 aromatic rings. The minimum absolute atomic E-state index is 0.121. The molecule has 0 aliphatic rings. The fourth-order valence-corrected chi connectivity index (χ4v) is 2.97. The van der Waals surface area contributed by atoms with Gasteiger partial charge in [-0.05, 0) is 47.6 Å². The fraction of sp³-hybridized carbons (Fsp3) is 0.400. The Bertz CT molecular complexity index is 774. The van der Waals surface area contributed by atoms with Crippen LogP contribution in [-0.2, 0) is 17.9 Å². The minimum Gasteiger partial charge on any atom is -0.493 e. The van der Waals surface area contributed by atoms with Gasteiger partial charge in [0.1, 0.15) is 6.54 Å². The summed E-state index contributed by atoms with van der Waals surface area (Å²) < 4.78 is 11.7. The van der Waals surface area contributed by atoms with E-state index in [9.17, 15) is 9.59 Å². The Kier molecular flexibility index (Phi) is 6.22. The van der Waals surface area contributed by atoms with E-state index >= 15 is 0 Å². The van der Waals surface area contributed by atoms with Gasteiger partial charge < -0.3 is 14.4 Å². The zero-order valence-corrected chi connectivity index (χ0v) is 15.2. The molecule has 0 aliphatic heterocycles. The number of benzene rings is 1. The molecule has 0 saturated heterocycles. The number of carbonyl (C=O) groups excluding carboxylic acids is 1. The maximum atomic E-state index is 12.4. The number of halogens is 1. The summed E-state index contributed by atoms with van der Waals surface area (Å²) in [5, 5.41) is 3.83. The first-order chi connectivity index (χ1) is 11.5. The van der Waals surface area contributed by atoms with Crippen molar-refractivity contribution in [3.8, 4) is 11.5 Å². The Morgan fingerprint density at radius 3 is 2.58 bits per heavy atom. The van der Waals surface area contributed by atoms with Crippen LogP contribution >= 0.6 is 22.9 Å². The number of carbonyl (C=O) groups is 1. The molecule has 0 spiro atoms. The summed E-state index contributed by atoms with van der Waals surface area (Å²) in [7, 11) is 3.12. The van der Waals surface area contributed by atoms with Crippen LogP contribution in [0.2, 0.25) is 4.47 Å². The molecule has 9 heteroatoms. The van der Waals surface area contributed by atoms with Crippen LogP contribution in [0.15, 0.2) is 23.0 Å². The molecule has 0 bridgehead atoms. The van der Waals surface area contributed by atoms with E-state index in [-0.39, 0.29) is 21.8 Å². The van der Waals surface area contributed by atoms with E-state index in [1.807, 2.05) is 19.1 Å². The number of methoxy groups -OCH3 is 2. The van der Waals surface area contributed by atoms with Gasteiger partial charge in [-0.2, -0.15) is 0 Å². The van der Waals surface area contributed by atoms with Gasteiger partial charge in [0, 0.05) is 13.1 Å². The molecule has 0 radical (unpaired) electrons. The summed E-state index contributed by atoms with van der Waals surface area (Å²) >= 11 is 6.49. The van der Waals surface area contributed by atoms with Crippen LogP contribution in [0.5, 0.6) is 11.5 Å². The lowest BCUT2D eigenvalue weighted by atomic mass is 10.2. The second kappa shape index (κ2) is 8.16. The van der Waals surface area contributed by atoms with Crippen LogP contribution in [0, 0.1) is 0 Å². The molecule has 1 aromatic heterocycles. The van der Waals surface area contributed by atoms with Gasteiger partial charge >= 0.3 is 4.87 Å². The summed E-state index contributed by atoms with van der Waals surface area (Å²) in [6.07, 6.45) is 0. The molecule has 0 atom stereocenters. The maximum Gasteiger partial charge on any atom is 0.326 e. The molecular formula is C15H18ClN3O4S. The van der Waals surface area contributed by atoms with Crippen molar-refractivity contribution in [3.05, 3.63) is 37.9 Å². The molecule has 7 nitrogen and oxygen atoms in total. The zero-order valence-electron chi connectivity index (χ0n) is 13.6. The normalized spacial score (nSPS) is 10.5. The SMILES string of the molecule is CCN(Cc1ccc(OC)c(OC)c1)C(=O)Cn1nc(Cl)sc1=O. The Morgan fingerprint density at radius 2 is 2.04 bits per heavy atom. The van der Waals surface area contributed by atoms with Crippen LogP contribution in [0.4, 0.5) is 0 Å². The van der Waals surface area contributed by atoms with E-state index in [4.69, 9.17) is 21.1 Å². The minimum atomic E-state index is -0.351. The number of hydrogen-bond acceptors (Lipinski definition) is 6. The molecule has 0 aliphatic carbocycles. The second-order valence-electron chi connectivity index (χ2n) is 4.88. The molecule has 0 N–H and O–H groups in total. The smallest absolute Gasteiger partial charge is 0.326 e. The first kappa shape index (κ1) is 18.3. The van der Waals surface area contributed by atoms with Crippen molar-refractivity contribution < 1.29 is 14.3 Å². The predicted octanol–water partition coefficient (Wildman–Crippen LogP) is 2.02. The third kappa shape index (κ3) is 4.27. The van der Waals surface area contributed by atoms with Gasteiger partial charge in [0.2, 0.25) is 10.4 Å². The lowest BCUT2D eigenvalue weighted by Crippen LogP contribution is -2.35. The van der Waals surface area contributed by atoms with Crippen molar-refractivity contribution in [3.63, 3.8) is 0 Å². The first-order valence-electron chi connectivity index (χ1n) is 7.20. The van der Waals surface area contributed by atoms with Gasteiger partial charge in [-0.25, -0.2) is 4.68 Å². The number of rotatable bonds is 7. The highest BCUT2D eigenvalue weighted by Gasteiger charge is 2.16. The van der Waals surface area contributed by atoms with E-state index in [0.717, 1.165) is 21.6 Å². The average molecular weight is 372 g/mol. The lowest BCUT2D eigenvalue weighted by molar-refractivity contribution is -0.132. The average Bonchev–Trinajstić information content (AvgIpc) is 2.89. The van der Waals surface area contributed by atoms with Crippen LogP contribution in [0.25, 0.3) is 0 Å².